The number of nitrogens with one attached hydrogen (secondary N) is 1. The van der Waals surface area contributed by atoms with Crippen molar-refractivity contribution in [3.8, 4) is 0 Å². The molecule has 78 valence electrons. The van der Waals surface area contributed by atoms with E-state index >= 15 is 0 Å². The minimum atomic E-state index is -0.447. The lowest BCUT2D eigenvalue weighted by molar-refractivity contribution is -0.131. The number of hydrogen-bond acceptors (Lipinski definition) is 3. The quantitative estimate of drug-likeness (QED) is 0.281. The van der Waals surface area contributed by atoms with E-state index in [1.165, 1.54) is 0 Å². The molecule has 4 nitrogen and oxygen atoms in total. The Labute approximate surface area is 79.8 Å². The molecule has 0 saturated heterocycles. The van der Waals surface area contributed by atoms with Crippen LogP contribution < -0.4 is 11.3 Å². The molecule has 3 N–H and O–H groups in total. The predicted molar refractivity (Wildman–Crippen MR) is 51.8 cm³/mol. The van der Waals surface area contributed by atoms with Gasteiger partial charge in [-0.3, -0.25) is 10.2 Å². The molecule has 0 rings (SSSR count). The van der Waals surface area contributed by atoms with Gasteiger partial charge in [0.15, 0.2) is 0 Å². The van der Waals surface area contributed by atoms with E-state index in [4.69, 9.17) is 10.6 Å². The van der Waals surface area contributed by atoms with Crippen LogP contribution in [-0.2, 0) is 9.53 Å². The zero-order chi connectivity index (χ0) is 10.3. The van der Waals surface area contributed by atoms with Crippen LogP contribution in [0, 0.1) is 5.92 Å². The number of nitrogens with two attached hydrogens (primary N) is 1. The van der Waals surface area contributed by atoms with Crippen molar-refractivity contribution < 1.29 is 9.53 Å². The van der Waals surface area contributed by atoms with Crippen LogP contribution >= 0.6 is 0 Å². The lowest BCUT2D eigenvalue weighted by Gasteiger charge is -2.11. The van der Waals surface area contributed by atoms with Crippen LogP contribution in [0.5, 0.6) is 0 Å². The van der Waals surface area contributed by atoms with Crippen LogP contribution in [0.15, 0.2) is 0 Å². The molecule has 1 atom stereocenters. The molecule has 1 unspecified atom stereocenters. The van der Waals surface area contributed by atoms with Gasteiger partial charge in [0.25, 0.3) is 5.91 Å². The van der Waals surface area contributed by atoms with Crippen molar-refractivity contribution in [2.75, 3.05) is 6.61 Å². The Morgan fingerprint density at radius 3 is 2.54 bits per heavy atom. The molecule has 4 heteroatoms. The Hall–Kier alpha value is -0.610. The Balaban J connectivity index is 3.37. The van der Waals surface area contributed by atoms with Crippen LogP contribution in [0.3, 0.4) is 0 Å². The summed E-state index contributed by atoms with van der Waals surface area (Å²) in [6.07, 6.45) is 1.66. The van der Waals surface area contributed by atoms with E-state index in [0.717, 1.165) is 12.8 Å². The molecule has 0 aromatic carbocycles. The molecule has 0 heterocycles. The number of hydrogen-bond donors (Lipinski definition) is 2. The van der Waals surface area contributed by atoms with E-state index < -0.39 is 6.10 Å². The van der Waals surface area contributed by atoms with Gasteiger partial charge in [-0.1, -0.05) is 13.8 Å². The molecule has 0 aliphatic rings. The van der Waals surface area contributed by atoms with Crippen molar-refractivity contribution in [3.05, 3.63) is 0 Å². The molecule has 0 radical (unpaired) electrons. The Kier molecular flexibility index (Phi) is 6.54. The maximum Gasteiger partial charge on any atom is 0.262 e. The molecule has 0 aromatic heterocycles. The van der Waals surface area contributed by atoms with Crippen LogP contribution in [0.25, 0.3) is 0 Å². The fourth-order valence-corrected chi connectivity index (χ4v) is 0.945. The standard InChI is InChI=1S/C9H20N2O2/c1-7(2)5-4-6-13-8(3)9(12)11-10/h7-8H,4-6,10H2,1-3H3,(H,11,12). The highest BCUT2D eigenvalue weighted by atomic mass is 16.5. The van der Waals surface area contributed by atoms with Gasteiger partial charge in [0.2, 0.25) is 0 Å². The maximum atomic E-state index is 10.9. The Bertz CT molecular complexity index is 149. The number of rotatable bonds is 6. The summed E-state index contributed by atoms with van der Waals surface area (Å²) in [7, 11) is 0. The first-order valence-electron chi connectivity index (χ1n) is 4.70. The van der Waals surface area contributed by atoms with Crippen LogP contribution in [0.2, 0.25) is 0 Å². The molecule has 0 aromatic rings. The third-order valence-electron chi connectivity index (χ3n) is 1.81. The molecule has 0 spiro atoms. The zero-order valence-corrected chi connectivity index (χ0v) is 8.67. The summed E-state index contributed by atoms with van der Waals surface area (Å²) >= 11 is 0. The predicted octanol–water partition coefficient (Wildman–Crippen LogP) is 0.818. The second-order valence-electron chi connectivity index (χ2n) is 3.56. The normalized spacial score (nSPS) is 13.0. The molecule has 13 heavy (non-hydrogen) atoms. The summed E-state index contributed by atoms with van der Waals surface area (Å²) in [5, 5.41) is 0. The maximum absolute atomic E-state index is 10.9. The van der Waals surface area contributed by atoms with Crippen molar-refractivity contribution >= 4 is 5.91 Å². The smallest absolute Gasteiger partial charge is 0.262 e. The summed E-state index contributed by atoms with van der Waals surface area (Å²) in [4.78, 5) is 10.9. The summed E-state index contributed by atoms with van der Waals surface area (Å²) in [6, 6.07) is 0. The average Bonchev–Trinajstić information content (AvgIpc) is 2.10. The second kappa shape index (κ2) is 6.86. The number of carbonyl (C=O) groups is 1. The number of amides is 1. The minimum Gasteiger partial charge on any atom is -0.369 e. The van der Waals surface area contributed by atoms with Gasteiger partial charge in [0.1, 0.15) is 6.10 Å². The van der Waals surface area contributed by atoms with Crippen LogP contribution in [0.4, 0.5) is 0 Å². The van der Waals surface area contributed by atoms with E-state index in [0.29, 0.717) is 12.5 Å². The fourth-order valence-electron chi connectivity index (χ4n) is 0.945. The van der Waals surface area contributed by atoms with Gasteiger partial charge < -0.3 is 4.74 Å². The lowest BCUT2D eigenvalue weighted by atomic mass is 10.1. The molecule has 0 bridgehead atoms. The van der Waals surface area contributed by atoms with Crippen LogP contribution in [-0.4, -0.2) is 18.6 Å². The van der Waals surface area contributed by atoms with Crippen molar-refractivity contribution in [3.63, 3.8) is 0 Å². The first-order chi connectivity index (χ1) is 6.07. The van der Waals surface area contributed by atoms with Gasteiger partial charge in [-0.05, 0) is 25.7 Å². The fraction of sp³-hybridized carbons (Fsp3) is 0.889. The lowest BCUT2D eigenvalue weighted by Crippen LogP contribution is -2.39. The first-order valence-corrected chi connectivity index (χ1v) is 4.70. The van der Waals surface area contributed by atoms with E-state index in [-0.39, 0.29) is 5.91 Å². The third-order valence-corrected chi connectivity index (χ3v) is 1.81. The van der Waals surface area contributed by atoms with Crippen molar-refractivity contribution in [2.24, 2.45) is 11.8 Å². The number of hydrazine groups is 1. The largest absolute Gasteiger partial charge is 0.369 e. The molecule has 0 aliphatic heterocycles. The monoisotopic (exact) mass is 188 g/mol. The topological polar surface area (TPSA) is 64.3 Å². The highest BCUT2D eigenvalue weighted by molar-refractivity contribution is 5.79. The van der Waals surface area contributed by atoms with Crippen molar-refractivity contribution in [1.82, 2.24) is 5.43 Å². The Morgan fingerprint density at radius 2 is 2.08 bits per heavy atom. The number of ether oxygens (including phenoxy) is 1. The highest BCUT2D eigenvalue weighted by Gasteiger charge is 2.10. The van der Waals surface area contributed by atoms with Gasteiger partial charge >= 0.3 is 0 Å². The van der Waals surface area contributed by atoms with Gasteiger partial charge in [-0.2, -0.15) is 0 Å². The van der Waals surface area contributed by atoms with E-state index in [9.17, 15) is 4.79 Å². The van der Waals surface area contributed by atoms with Gasteiger partial charge in [-0.15, -0.1) is 0 Å². The van der Waals surface area contributed by atoms with Crippen molar-refractivity contribution in [2.45, 2.75) is 39.7 Å². The average molecular weight is 188 g/mol. The van der Waals surface area contributed by atoms with E-state index in [1.807, 2.05) is 0 Å². The molecule has 0 aliphatic carbocycles. The molecular weight excluding hydrogens is 168 g/mol. The minimum absolute atomic E-state index is 0.274. The SMILES string of the molecule is CC(C)CCCOC(C)C(=O)NN. The van der Waals surface area contributed by atoms with Crippen molar-refractivity contribution in [1.29, 1.82) is 0 Å². The van der Waals surface area contributed by atoms with Gasteiger partial charge in [-0.25, -0.2) is 5.84 Å². The van der Waals surface area contributed by atoms with Gasteiger partial charge in [0, 0.05) is 6.61 Å². The van der Waals surface area contributed by atoms with Gasteiger partial charge in [0.05, 0.1) is 0 Å². The summed E-state index contributed by atoms with van der Waals surface area (Å²) in [6.45, 7) is 6.64. The number of carbonyl (C=O) groups excluding carboxylic acids is 1. The highest BCUT2D eigenvalue weighted by Crippen LogP contribution is 2.04. The zero-order valence-electron chi connectivity index (χ0n) is 8.67. The molecule has 0 saturated carbocycles. The van der Waals surface area contributed by atoms with Crippen LogP contribution in [0.1, 0.15) is 33.6 Å². The molecule has 1 amide bonds. The summed E-state index contributed by atoms with van der Waals surface area (Å²) in [5.74, 6) is 5.35. The Morgan fingerprint density at radius 1 is 1.46 bits per heavy atom. The second-order valence-corrected chi connectivity index (χ2v) is 3.56. The van der Waals surface area contributed by atoms with E-state index in [2.05, 4.69) is 19.3 Å². The first kappa shape index (κ1) is 12.4. The molecular formula is C9H20N2O2. The van der Waals surface area contributed by atoms with E-state index in [1.54, 1.807) is 6.92 Å². The summed E-state index contributed by atoms with van der Waals surface area (Å²) < 4.78 is 5.25. The third kappa shape index (κ3) is 6.54. The summed E-state index contributed by atoms with van der Waals surface area (Å²) in [5.41, 5.74) is 2.05. The molecule has 0 fully saturated rings.